The lowest BCUT2D eigenvalue weighted by Gasteiger charge is -2.20. The highest BCUT2D eigenvalue weighted by Crippen LogP contribution is 2.21. The minimum atomic E-state index is 0.167. The van der Waals surface area contributed by atoms with Crippen molar-refractivity contribution in [2.75, 3.05) is 20.2 Å². The van der Waals surface area contributed by atoms with Gasteiger partial charge >= 0.3 is 0 Å². The Bertz CT molecular complexity index is 322. The van der Waals surface area contributed by atoms with E-state index in [1.165, 1.54) is 11.1 Å². The standard InChI is InChI=1S/C15H25NO/c1-12(2)9-10-17-15(11-16-4)14-8-6-5-7-13(14)3/h5-8,12,15-16H,9-11H2,1-4H3. The summed E-state index contributed by atoms with van der Waals surface area (Å²) >= 11 is 0. The number of hydrogen-bond donors (Lipinski definition) is 1. The highest BCUT2D eigenvalue weighted by molar-refractivity contribution is 5.28. The summed E-state index contributed by atoms with van der Waals surface area (Å²) in [5, 5.41) is 3.21. The summed E-state index contributed by atoms with van der Waals surface area (Å²) in [7, 11) is 1.97. The maximum absolute atomic E-state index is 6.00. The van der Waals surface area contributed by atoms with Gasteiger partial charge in [-0.1, -0.05) is 38.1 Å². The van der Waals surface area contributed by atoms with Gasteiger partial charge in [-0.15, -0.1) is 0 Å². The average molecular weight is 235 g/mol. The number of aryl methyl sites for hydroxylation is 1. The Labute approximate surface area is 105 Å². The van der Waals surface area contributed by atoms with E-state index in [1.54, 1.807) is 0 Å². The molecule has 0 saturated carbocycles. The number of hydrogen-bond acceptors (Lipinski definition) is 2. The zero-order valence-corrected chi connectivity index (χ0v) is 11.5. The smallest absolute Gasteiger partial charge is 0.0951 e. The second kappa shape index (κ2) is 7.46. The first-order valence-corrected chi connectivity index (χ1v) is 6.47. The van der Waals surface area contributed by atoms with E-state index in [1.807, 2.05) is 7.05 Å². The molecule has 0 aliphatic rings. The molecule has 0 aromatic heterocycles. The highest BCUT2D eigenvalue weighted by atomic mass is 16.5. The zero-order valence-electron chi connectivity index (χ0n) is 11.5. The van der Waals surface area contributed by atoms with E-state index in [0.29, 0.717) is 5.92 Å². The Morgan fingerprint density at radius 3 is 2.53 bits per heavy atom. The van der Waals surface area contributed by atoms with Crippen LogP contribution in [0, 0.1) is 12.8 Å². The first-order chi connectivity index (χ1) is 8.15. The van der Waals surface area contributed by atoms with Gasteiger partial charge in [0, 0.05) is 13.2 Å². The number of nitrogens with one attached hydrogen (secondary N) is 1. The molecule has 0 saturated heterocycles. The predicted molar refractivity (Wildman–Crippen MR) is 73.3 cm³/mol. The van der Waals surface area contributed by atoms with Crippen LogP contribution in [0.1, 0.15) is 37.5 Å². The van der Waals surface area contributed by atoms with E-state index < -0.39 is 0 Å². The summed E-state index contributed by atoms with van der Waals surface area (Å²) in [4.78, 5) is 0. The largest absolute Gasteiger partial charge is 0.372 e. The molecular weight excluding hydrogens is 210 g/mol. The van der Waals surface area contributed by atoms with Crippen molar-refractivity contribution < 1.29 is 4.74 Å². The van der Waals surface area contributed by atoms with Gasteiger partial charge in [0.1, 0.15) is 0 Å². The molecule has 1 unspecified atom stereocenters. The van der Waals surface area contributed by atoms with E-state index >= 15 is 0 Å². The number of benzene rings is 1. The zero-order chi connectivity index (χ0) is 12.7. The fourth-order valence-electron chi connectivity index (χ4n) is 1.84. The van der Waals surface area contributed by atoms with Crippen LogP contribution in [-0.2, 0) is 4.74 Å². The molecule has 1 N–H and O–H groups in total. The topological polar surface area (TPSA) is 21.3 Å². The van der Waals surface area contributed by atoms with Crippen molar-refractivity contribution in [2.24, 2.45) is 5.92 Å². The van der Waals surface area contributed by atoms with Crippen molar-refractivity contribution in [3.63, 3.8) is 0 Å². The summed E-state index contributed by atoms with van der Waals surface area (Å²) in [5.41, 5.74) is 2.60. The Hall–Kier alpha value is -0.860. The molecule has 0 fully saturated rings. The van der Waals surface area contributed by atoms with Crippen LogP contribution in [0.25, 0.3) is 0 Å². The van der Waals surface area contributed by atoms with Crippen LogP contribution in [0.15, 0.2) is 24.3 Å². The maximum Gasteiger partial charge on any atom is 0.0951 e. The highest BCUT2D eigenvalue weighted by Gasteiger charge is 2.13. The second-order valence-electron chi connectivity index (χ2n) is 4.96. The Morgan fingerprint density at radius 1 is 1.24 bits per heavy atom. The van der Waals surface area contributed by atoms with Gasteiger partial charge in [0.15, 0.2) is 0 Å². The number of ether oxygens (including phenoxy) is 1. The predicted octanol–water partition coefficient (Wildman–Crippen LogP) is 3.32. The van der Waals surface area contributed by atoms with E-state index in [2.05, 4.69) is 50.4 Å². The van der Waals surface area contributed by atoms with Gasteiger partial charge < -0.3 is 10.1 Å². The summed E-state index contributed by atoms with van der Waals surface area (Å²) in [6, 6.07) is 8.46. The van der Waals surface area contributed by atoms with Crippen LogP contribution < -0.4 is 5.32 Å². The molecule has 0 bridgehead atoms. The summed E-state index contributed by atoms with van der Waals surface area (Å²) in [6.45, 7) is 8.29. The van der Waals surface area contributed by atoms with Crippen molar-refractivity contribution in [1.29, 1.82) is 0 Å². The Morgan fingerprint density at radius 2 is 1.94 bits per heavy atom. The molecule has 0 heterocycles. The molecule has 0 amide bonds. The van der Waals surface area contributed by atoms with Crippen molar-refractivity contribution in [3.8, 4) is 0 Å². The second-order valence-corrected chi connectivity index (χ2v) is 4.96. The molecule has 1 atom stereocenters. The maximum atomic E-state index is 6.00. The normalized spacial score (nSPS) is 13.0. The molecule has 2 nitrogen and oxygen atoms in total. The minimum Gasteiger partial charge on any atom is -0.372 e. The van der Waals surface area contributed by atoms with Gasteiger partial charge in [0.2, 0.25) is 0 Å². The summed E-state index contributed by atoms with van der Waals surface area (Å²) in [6.07, 6.45) is 1.28. The fourth-order valence-corrected chi connectivity index (χ4v) is 1.84. The van der Waals surface area contributed by atoms with Crippen molar-refractivity contribution in [2.45, 2.75) is 33.3 Å². The monoisotopic (exact) mass is 235 g/mol. The molecule has 0 spiro atoms. The van der Waals surface area contributed by atoms with Gasteiger partial charge in [-0.25, -0.2) is 0 Å². The third-order valence-electron chi connectivity index (χ3n) is 2.94. The van der Waals surface area contributed by atoms with E-state index in [-0.39, 0.29) is 6.10 Å². The number of likely N-dealkylation sites (N-methyl/N-ethyl adjacent to an activating group) is 1. The Kier molecular flexibility index (Phi) is 6.23. The first kappa shape index (κ1) is 14.2. The molecule has 1 rings (SSSR count). The van der Waals surface area contributed by atoms with Crippen LogP contribution >= 0.6 is 0 Å². The third kappa shape index (κ3) is 4.88. The van der Waals surface area contributed by atoms with Gasteiger partial charge in [-0.2, -0.15) is 0 Å². The Balaban J connectivity index is 2.62. The van der Waals surface area contributed by atoms with Crippen LogP contribution in [0.2, 0.25) is 0 Å². The van der Waals surface area contributed by atoms with E-state index in [9.17, 15) is 0 Å². The molecule has 1 aromatic rings. The first-order valence-electron chi connectivity index (χ1n) is 6.47. The lowest BCUT2D eigenvalue weighted by atomic mass is 10.0. The van der Waals surface area contributed by atoms with Crippen LogP contribution in [-0.4, -0.2) is 20.2 Å². The molecular formula is C15H25NO. The van der Waals surface area contributed by atoms with E-state index in [4.69, 9.17) is 4.74 Å². The molecule has 2 heteroatoms. The molecule has 0 radical (unpaired) electrons. The molecule has 1 aromatic carbocycles. The van der Waals surface area contributed by atoms with Gasteiger partial charge in [0.25, 0.3) is 0 Å². The molecule has 0 aliphatic heterocycles. The SMILES string of the molecule is CNCC(OCCC(C)C)c1ccccc1C. The van der Waals surface area contributed by atoms with Crippen molar-refractivity contribution in [3.05, 3.63) is 35.4 Å². The van der Waals surface area contributed by atoms with E-state index in [0.717, 1.165) is 19.6 Å². The lowest BCUT2D eigenvalue weighted by molar-refractivity contribution is 0.0466. The fraction of sp³-hybridized carbons (Fsp3) is 0.600. The number of rotatable bonds is 7. The van der Waals surface area contributed by atoms with Gasteiger partial charge in [-0.05, 0) is 37.4 Å². The van der Waals surface area contributed by atoms with Gasteiger partial charge in [-0.3, -0.25) is 0 Å². The summed E-state index contributed by atoms with van der Waals surface area (Å²) < 4.78 is 6.00. The van der Waals surface area contributed by atoms with Crippen LogP contribution in [0.3, 0.4) is 0 Å². The minimum absolute atomic E-state index is 0.167. The van der Waals surface area contributed by atoms with Crippen LogP contribution in [0.4, 0.5) is 0 Å². The van der Waals surface area contributed by atoms with Crippen molar-refractivity contribution >= 4 is 0 Å². The average Bonchev–Trinajstić information content (AvgIpc) is 2.28. The lowest BCUT2D eigenvalue weighted by Crippen LogP contribution is -2.21. The summed E-state index contributed by atoms with van der Waals surface area (Å²) in [5.74, 6) is 0.696. The van der Waals surface area contributed by atoms with Gasteiger partial charge in [0.05, 0.1) is 6.10 Å². The van der Waals surface area contributed by atoms with Crippen molar-refractivity contribution in [1.82, 2.24) is 5.32 Å². The van der Waals surface area contributed by atoms with Crippen LogP contribution in [0.5, 0.6) is 0 Å². The quantitative estimate of drug-likeness (QED) is 0.783. The third-order valence-corrected chi connectivity index (χ3v) is 2.94. The molecule has 17 heavy (non-hydrogen) atoms. The molecule has 96 valence electrons. The molecule has 0 aliphatic carbocycles.